The topological polar surface area (TPSA) is 52.5 Å². The van der Waals surface area contributed by atoms with E-state index < -0.39 is 0 Å². The molecule has 8 heavy (non-hydrogen) atoms. The van der Waals surface area contributed by atoms with Gasteiger partial charge >= 0.3 is 0 Å². The second-order valence-corrected chi connectivity index (χ2v) is 2.10. The molecule has 0 spiro atoms. The quantitative estimate of drug-likeness (QED) is 0.400. The van der Waals surface area contributed by atoms with Crippen LogP contribution in [0.15, 0.2) is 0 Å². The van der Waals surface area contributed by atoms with E-state index in [0.29, 0.717) is 0 Å². The highest BCUT2D eigenvalue weighted by atomic mass is 16.3. The number of hydrogen-bond acceptors (Lipinski definition) is 3. The summed E-state index contributed by atoms with van der Waals surface area (Å²) in [5.41, 5.74) is 0. The molecule has 0 aliphatic carbocycles. The average molecular weight is 117 g/mol. The van der Waals surface area contributed by atoms with Crippen molar-refractivity contribution in [1.82, 2.24) is 5.32 Å². The fourth-order valence-electron chi connectivity index (χ4n) is 0.940. The van der Waals surface area contributed by atoms with Gasteiger partial charge in [0.15, 0.2) is 0 Å². The van der Waals surface area contributed by atoms with Crippen LogP contribution < -0.4 is 5.32 Å². The van der Waals surface area contributed by atoms with E-state index in [0.717, 1.165) is 13.0 Å². The first kappa shape index (κ1) is 6.01. The average Bonchev–Trinajstić information content (AvgIpc) is 2.14. The molecule has 1 unspecified atom stereocenters. The first-order chi connectivity index (χ1) is 3.84. The van der Waals surface area contributed by atoms with Crippen LogP contribution in [-0.4, -0.2) is 35.5 Å². The van der Waals surface area contributed by atoms with Crippen LogP contribution in [0.5, 0.6) is 0 Å². The van der Waals surface area contributed by atoms with Crippen LogP contribution in [0.4, 0.5) is 0 Å². The zero-order valence-corrected chi connectivity index (χ0v) is 4.67. The van der Waals surface area contributed by atoms with E-state index in [4.69, 9.17) is 10.2 Å². The molecule has 0 aromatic carbocycles. The third-order valence-corrected chi connectivity index (χ3v) is 1.51. The Hall–Kier alpha value is -0.120. The molecule has 3 heteroatoms. The SMILES string of the molecule is OC[C@@H]1NCCC1O. The molecule has 2 atom stereocenters. The van der Waals surface area contributed by atoms with Gasteiger partial charge in [-0.2, -0.15) is 0 Å². The van der Waals surface area contributed by atoms with Crippen LogP contribution in [0.3, 0.4) is 0 Å². The molecule has 0 aromatic rings. The van der Waals surface area contributed by atoms with Crippen LogP contribution in [-0.2, 0) is 0 Å². The van der Waals surface area contributed by atoms with E-state index in [1.165, 1.54) is 0 Å². The summed E-state index contributed by atoms with van der Waals surface area (Å²) < 4.78 is 0. The molecule has 1 aliphatic heterocycles. The molecule has 48 valence electrons. The molecule has 3 N–H and O–H groups in total. The van der Waals surface area contributed by atoms with Gasteiger partial charge in [-0.15, -0.1) is 0 Å². The molecular weight excluding hydrogens is 106 g/mol. The van der Waals surface area contributed by atoms with Crippen LogP contribution in [0, 0.1) is 0 Å². The van der Waals surface area contributed by atoms with Gasteiger partial charge in [0, 0.05) is 0 Å². The summed E-state index contributed by atoms with van der Waals surface area (Å²) in [6.07, 6.45) is 0.436. The molecule has 1 fully saturated rings. The molecule has 0 bridgehead atoms. The maximum Gasteiger partial charge on any atom is 0.0727 e. The number of hydrogen-bond donors (Lipinski definition) is 3. The fraction of sp³-hybridized carbons (Fsp3) is 1.00. The van der Waals surface area contributed by atoms with Crippen molar-refractivity contribution >= 4 is 0 Å². The minimum absolute atomic E-state index is 0.0428. The van der Waals surface area contributed by atoms with E-state index in [1.807, 2.05) is 0 Å². The lowest BCUT2D eigenvalue weighted by atomic mass is 10.2. The zero-order chi connectivity index (χ0) is 5.98. The molecular formula is C5H11NO2. The highest BCUT2D eigenvalue weighted by Crippen LogP contribution is 2.04. The Kier molecular flexibility index (Phi) is 1.83. The summed E-state index contributed by atoms with van der Waals surface area (Å²) in [6, 6.07) is -0.0741. The Morgan fingerprint density at radius 1 is 1.62 bits per heavy atom. The maximum atomic E-state index is 8.97. The summed E-state index contributed by atoms with van der Waals surface area (Å²) in [7, 11) is 0. The second kappa shape index (κ2) is 2.44. The molecule has 1 aliphatic rings. The van der Waals surface area contributed by atoms with Crippen LogP contribution in [0.1, 0.15) is 6.42 Å². The summed E-state index contributed by atoms with van der Waals surface area (Å²) in [6.45, 7) is 0.869. The Morgan fingerprint density at radius 2 is 2.38 bits per heavy atom. The summed E-state index contributed by atoms with van der Waals surface area (Å²) in [5.74, 6) is 0. The molecule has 3 nitrogen and oxygen atoms in total. The Balaban J connectivity index is 2.30. The second-order valence-electron chi connectivity index (χ2n) is 2.10. The lowest BCUT2D eigenvalue weighted by Crippen LogP contribution is -2.33. The highest BCUT2D eigenvalue weighted by Gasteiger charge is 2.22. The van der Waals surface area contributed by atoms with E-state index in [-0.39, 0.29) is 18.8 Å². The van der Waals surface area contributed by atoms with Crippen molar-refractivity contribution < 1.29 is 10.2 Å². The van der Waals surface area contributed by atoms with Crippen LogP contribution >= 0.6 is 0 Å². The van der Waals surface area contributed by atoms with Gasteiger partial charge in [-0.05, 0) is 13.0 Å². The first-order valence-corrected chi connectivity index (χ1v) is 2.87. The predicted molar refractivity (Wildman–Crippen MR) is 29.5 cm³/mol. The molecule has 0 saturated carbocycles. The minimum Gasteiger partial charge on any atom is -0.395 e. The van der Waals surface area contributed by atoms with E-state index in [9.17, 15) is 0 Å². The van der Waals surface area contributed by atoms with Crippen molar-refractivity contribution in [2.24, 2.45) is 0 Å². The Bertz CT molecular complexity index is 76.8. The number of aliphatic hydroxyl groups is 2. The van der Waals surface area contributed by atoms with Crippen molar-refractivity contribution in [3.05, 3.63) is 0 Å². The lowest BCUT2D eigenvalue weighted by molar-refractivity contribution is 0.121. The highest BCUT2D eigenvalue weighted by molar-refractivity contribution is 4.81. The van der Waals surface area contributed by atoms with E-state index >= 15 is 0 Å². The molecule has 0 aromatic heterocycles. The fourth-order valence-corrected chi connectivity index (χ4v) is 0.940. The molecule has 1 heterocycles. The molecule has 1 saturated heterocycles. The zero-order valence-electron chi connectivity index (χ0n) is 4.67. The van der Waals surface area contributed by atoms with E-state index in [1.54, 1.807) is 0 Å². The van der Waals surface area contributed by atoms with Crippen LogP contribution in [0.2, 0.25) is 0 Å². The van der Waals surface area contributed by atoms with Crippen LogP contribution in [0.25, 0.3) is 0 Å². The number of rotatable bonds is 1. The van der Waals surface area contributed by atoms with Gasteiger partial charge < -0.3 is 15.5 Å². The predicted octanol–water partition coefficient (Wildman–Crippen LogP) is -1.30. The molecule has 0 radical (unpaired) electrons. The largest absolute Gasteiger partial charge is 0.395 e. The standard InChI is InChI=1S/C5H11NO2/c7-3-4-5(8)1-2-6-4/h4-8H,1-3H2/t4-,5?/m0/s1. The smallest absolute Gasteiger partial charge is 0.0727 e. The third-order valence-electron chi connectivity index (χ3n) is 1.51. The Labute approximate surface area is 48.3 Å². The van der Waals surface area contributed by atoms with E-state index in [2.05, 4.69) is 5.32 Å². The summed E-state index contributed by atoms with van der Waals surface area (Å²) in [5, 5.41) is 20.4. The van der Waals surface area contributed by atoms with Gasteiger partial charge in [0.1, 0.15) is 0 Å². The summed E-state index contributed by atoms with van der Waals surface area (Å²) >= 11 is 0. The molecule has 1 rings (SSSR count). The molecule has 0 amide bonds. The first-order valence-electron chi connectivity index (χ1n) is 2.87. The maximum absolute atomic E-state index is 8.97. The lowest BCUT2D eigenvalue weighted by Gasteiger charge is -2.09. The van der Waals surface area contributed by atoms with Crippen molar-refractivity contribution in [3.63, 3.8) is 0 Å². The minimum atomic E-state index is -0.333. The third kappa shape index (κ3) is 0.992. The normalized spacial score (nSPS) is 38.2. The van der Waals surface area contributed by atoms with Crippen molar-refractivity contribution in [3.8, 4) is 0 Å². The van der Waals surface area contributed by atoms with Gasteiger partial charge in [0.05, 0.1) is 18.8 Å². The van der Waals surface area contributed by atoms with Crippen molar-refractivity contribution in [2.75, 3.05) is 13.2 Å². The summed E-state index contributed by atoms with van der Waals surface area (Å²) in [4.78, 5) is 0. The van der Waals surface area contributed by atoms with Gasteiger partial charge in [0.25, 0.3) is 0 Å². The number of nitrogens with one attached hydrogen (secondary N) is 1. The van der Waals surface area contributed by atoms with Gasteiger partial charge in [-0.3, -0.25) is 0 Å². The van der Waals surface area contributed by atoms with Crippen molar-refractivity contribution in [1.29, 1.82) is 0 Å². The monoisotopic (exact) mass is 117 g/mol. The van der Waals surface area contributed by atoms with Crippen molar-refractivity contribution in [2.45, 2.75) is 18.6 Å². The van der Waals surface area contributed by atoms with Gasteiger partial charge in [-0.1, -0.05) is 0 Å². The number of aliphatic hydroxyl groups excluding tert-OH is 2. The van der Waals surface area contributed by atoms with Gasteiger partial charge in [-0.25, -0.2) is 0 Å². The Morgan fingerprint density at radius 3 is 2.62 bits per heavy atom. The van der Waals surface area contributed by atoms with Gasteiger partial charge in [0.2, 0.25) is 0 Å².